The van der Waals surface area contributed by atoms with Crippen LogP contribution in [0.4, 0.5) is 10.5 Å². The van der Waals surface area contributed by atoms with Crippen LogP contribution in [0.5, 0.6) is 17.2 Å². The van der Waals surface area contributed by atoms with Gasteiger partial charge in [-0.25, -0.2) is 4.79 Å². The lowest BCUT2D eigenvalue weighted by atomic mass is 10.2. The Kier molecular flexibility index (Phi) is 8.65. The molecule has 2 aromatic rings. The van der Waals surface area contributed by atoms with E-state index >= 15 is 0 Å². The number of ether oxygens (including phenoxy) is 2. The minimum atomic E-state index is -0.521. The van der Waals surface area contributed by atoms with Crippen LogP contribution in [0.1, 0.15) is 32.6 Å². The number of hydrogen-bond acceptors (Lipinski definition) is 4. The number of anilines is 1. The summed E-state index contributed by atoms with van der Waals surface area (Å²) >= 11 is 0. The average Bonchev–Trinajstić information content (AvgIpc) is 2.68. The highest BCUT2D eigenvalue weighted by Crippen LogP contribution is 2.25. The van der Waals surface area contributed by atoms with Gasteiger partial charge in [-0.3, -0.25) is 4.79 Å². The van der Waals surface area contributed by atoms with Gasteiger partial charge in [0.15, 0.2) is 0 Å². The molecular weight excluding hydrogens is 358 g/mol. The van der Waals surface area contributed by atoms with E-state index < -0.39 is 6.03 Å². The molecule has 2 rings (SSSR count). The summed E-state index contributed by atoms with van der Waals surface area (Å²) in [5, 5.41) is 5.39. The summed E-state index contributed by atoms with van der Waals surface area (Å²) in [6.45, 7) is 3.10. The Morgan fingerprint density at radius 1 is 0.893 bits per heavy atom. The third kappa shape index (κ3) is 7.99. The number of primary amides is 1. The third-order valence-electron chi connectivity index (χ3n) is 3.89. The predicted octanol–water partition coefficient (Wildman–Crippen LogP) is 4.04. The first kappa shape index (κ1) is 21.1. The Morgan fingerprint density at radius 3 is 2.11 bits per heavy atom. The second kappa shape index (κ2) is 11.5. The minimum absolute atomic E-state index is 0.0389. The van der Waals surface area contributed by atoms with Gasteiger partial charge in [0.2, 0.25) is 5.91 Å². The lowest BCUT2D eigenvalue weighted by Gasteiger charge is -2.09. The summed E-state index contributed by atoms with van der Waals surface area (Å²) in [5.74, 6) is 2.16. The van der Waals surface area contributed by atoms with Crippen molar-refractivity contribution in [2.45, 2.75) is 32.6 Å². The van der Waals surface area contributed by atoms with Gasteiger partial charge < -0.3 is 25.8 Å². The third-order valence-corrected chi connectivity index (χ3v) is 3.89. The molecule has 0 saturated heterocycles. The first-order valence-corrected chi connectivity index (χ1v) is 9.40. The van der Waals surface area contributed by atoms with Gasteiger partial charge in [-0.1, -0.05) is 6.42 Å². The second-order valence-corrected chi connectivity index (χ2v) is 6.18. The first-order valence-electron chi connectivity index (χ1n) is 9.40. The molecule has 28 heavy (non-hydrogen) atoms. The summed E-state index contributed by atoms with van der Waals surface area (Å²) < 4.78 is 11.2. The van der Waals surface area contributed by atoms with Crippen LogP contribution in [0.3, 0.4) is 0 Å². The fourth-order valence-corrected chi connectivity index (χ4v) is 2.54. The van der Waals surface area contributed by atoms with E-state index in [1.54, 1.807) is 12.1 Å². The van der Waals surface area contributed by atoms with Gasteiger partial charge in [-0.2, -0.15) is 0 Å². The maximum Gasteiger partial charge on any atom is 0.312 e. The van der Waals surface area contributed by atoms with E-state index in [1.165, 1.54) is 0 Å². The molecule has 0 aromatic heterocycles. The number of urea groups is 1. The summed E-state index contributed by atoms with van der Waals surface area (Å²) in [6, 6.07) is 14.1. The maximum atomic E-state index is 12.0. The predicted molar refractivity (Wildman–Crippen MR) is 109 cm³/mol. The molecule has 0 spiro atoms. The molecule has 7 nitrogen and oxygen atoms in total. The Labute approximate surface area is 165 Å². The highest BCUT2D eigenvalue weighted by Gasteiger charge is 2.04. The number of benzene rings is 2. The van der Waals surface area contributed by atoms with Crippen LogP contribution >= 0.6 is 0 Å². The van der Waals surface area contributed by atoms with Crippen LogP contribution in [0.25, 0.3) is 0 Å². The van der Waals surface area contributed by atoms with Gasteiger partial charge >= 0.3 is 6.03 Å². The zero-order valence-corrected chi connectivity index (χ0v) is 16.1. The molecular formula is C21H27N3O4. The highest BCUT2D eigenvalue weighted by atomic mass is 16.5. The van der Waals surface area contributed by atoms with E-state index in [0.717, 1.165) is 30.7 Å². The van der Waals surface area contributed by atoms with Crippen LogP contribution in [-0.4, -0.2) is 25.1 Å². The van der Waals surface area contributed by atoms with Gasteiger partial charge in [-0.15, -0.1) is 0 Å². The molecule has 0 aliphatic rings. The quantitative estimate of drug-likeness (QED) is 0.508. The number of amides is 3. The van der Waals surface area contributed by atoms with Crippen molar-refractivity contribution in [2.75, 3.05) is 18.5 Å². The van der Waals surface area contributed by atoms with Gasteiger partial charge in [0.05, 0.1) is 6.61 Å². The fraction of sp³-hybridized carbons (Fsp3) is 0.333. The number of nitrogens with two attached hydrogens (primary N) is 1. The summed E-state index contributed by atoms with van der Waals surface area (Å²) in [5.41, 5.74) is 5.71. The highest BCUT2D eigenvalue weighted by molar-refractivity contribution is 5.90. The van der Waals surface area contributed by atoms with Crippen molar-refractivity contribution in [1.82, 2.24) is 5.32 Å². The maximum absolute atomic E-state index is 12.0. The molecule has 4 N–H and O–H groups in total. The van der Waals surface area contributed by atoms with Crippen molar-refractivity contribution >= 4 is 17.6 Å². The van der Waals surface area contributed by atoms with Crippen molar-refractivity contribution in [3.8, 4) is 17.2 Å². The van der Waals surface area contributed by atoms with Gasteiger partial charge in [-0.05, 0) is 68.3 Å². The fourth-order valence-electron chi connectivity index (χ4n) is 2.54. The van der Waals surface area contributed by atoms with Crippen molar-refractivity contribution < 1.29 is 19.1 Å². The molecule has 2 aromatic carbocycles. The Hall–Kier alpha value is -3.22. The zero-order chi connectivity index (χ0) is 20.2. The standard InChI is InChI=1S/C21H27N3O4/c1-2-27-17-11-13-19(14-12-17)28-18-9-7-16(8-10-18)24-20(25)6-4-3-5-15-23-21(22)26/h7-14H,2-6,15H2,1H3,(H,24,25)(H3,22,23,26). The number of carbonyl (C=O) groups is 2. The summed E-state index contributed by atoms with van der Waals surface area (Å²) in [4.78, 5) is 22.5. The van der Waals surface area contributed by atoms with Crippen LogP contribution in [-0.2, 0) is 4.79 Å². The molecule has 0 fully saturated rings. The number of hydrogen-bond donors (Lipinski definition) is 3. The summed E-state index contributed by atoms with van der Waals surface area (Å²) in [7, 11) is 0. The van der Waals surface area contributed by atoms with E-state index in [-0.39, 0.29) is 5.91 Å². The second-order valence-electron chi connectivity index (χ2n) is 6.18. The molecule has 3 amide bonds. The zero-order valence-electron chi connectivity index (χ0n) is 16.1. The van der Waals surface area contributed by atoms with Crippen LogP contribution in [0.2, 0.25) is 0 Å². The van der Waals surface area contributed by atoms with Gasteiger partial charge in [0.25, 0.3) is 0 Å². The number of unbranched alkanes of at least 4 members (excludes halogenated alkanes) is 2. The largest absolute Gasteiger partial charge is 0.494 e. The molecule has 0 heterocycles. The topological polar surface area (TPSA) is 103 Å². The van der Waals surface area contributed by atoms with Crippen molar-refractivity contribution in [3.05, 3.63) is 48.5 Å². The van der Waals surface area contributed by atoms with Crippen molar-refractivity contribution in [3.63, 3.8) is 0 Å². The number of carbonyl (C=O) groups excluding carboxylic acids is 2. The lowest BCUT2D eigenvalue weighted by molar-refractivity contribution is -0.116. The van der Waals surface area contributed by atoms with Crippen molar-refractivity contribution in [1.29, 1.82) is 0 Å². The SMILES string of the molecule is CCOc1ccc(Oc2ccc(NC(=O)CCCCCNC(N)=O)cc2)cc1. The average molecular weight is 385 g/mol. The minimum Gasteiger partial charge on any atom is -0.494 e. The van der Waals surface area contributed by atoms with E-state index in [9.17, 15) is 9.59 Å². The van der Waals surface area contributed by atoms with E-state index in [2.05, 4.69) is 10.6 Å². The Bertz CT molecular complexity index is 745. The molecule has 0 aliphatic heterocycles. The van der Waals surface area contributed by atoms with Crippen LogP contribution in [0, 0.1) is 0 Å². The van der Waals surface area contributed by atoms with E-state index in [4.69, 9.17) is 15.2 Å². The smallest absolute Gasteiger partial charge is 0.312 e. The number of nitrogens with one attached hydrogen (secondary N) is 2. The summed E-state index contributed by atoms with van der Waals surface area (Å²) in [6.07, 6.45) is 2.84. The molecule has 0 radical (unpaired) electrons. The Balaban J connectivity index is 1.71. The molecule has 0 bridgehead atoms. The Morgan fingerprint density at radius 2 is 1.50 bits per heavy atom. The van der Waals surface area contributed by atoms with Crippen molar-refractivity contribution in [2.24, 2.45) is 5.73 Å². The molecule has 0 aliphatic carbocycles. The van der Waals surface area contributed by atoms with Gasteiger partial charge in [0, 0.05) is 18.7 Å². The molecule has 0 saturated carbocycles. The van der Waals surface area contributed by atoms with Crippen LogP contribution < -0.4 is 25.8 Å². The monoisotopic (exact) mass is 385 g/mol. The normalized spacial score (nSPS) is 10.2. The first-order chi connectivity index (χ1) is 13.6. The van der Waals surface area contributed by atoms with E-state index in [1.807, 2.05) is 43.3 Å². The lowest BCUT2D eigenvalue weighted by Crippen LogP contribution is -2.29. The molecule has 0 unspecified atom stereocenters. The molecule has 0 atom stereocenters. The van der Waals surface area contributed by atoms with Gasteiger partial charge in [0.1, 0.15) is 17.2 Å². The van der Waals surface area contributed by atoms with E-state index in [0.29, 0.717) is 31.1 Å². The molecule has 150 valence electrons. The number of rotatable bonds is 11. The van der Waals surface area contributed by atoms with Crippen LogP contribution in [0.15, 0.2) is 48.5 Å². The molecule has 7 heteroatoms.